The number of halogens is 4. The van der Waals surface area contributed by atoms with Crippen LogP contribution in [0.4, 0.5) is 17.6 Å². The molecule has 2 bridgehead atoms. The van der Waals surface area contributed by atoms with E-state index in [1.165, 1.54) is 0 Å². The van der Waals surface area contributed by atoms with Gasteiger partial charge in [-0.05, 0) is 12.8 Å². The maximum Gasteiger partial charge on any atom is 0.274 e. The fourth-order valence-corrected chi connectivity index (χ4v) is 2.18. The molecule has 2 unspecified atom stereocenters. The number of hydrogen-bond donors (Lipinski definition) is 0. The van der Waals surface area contributed by atoms with E-state index in [0.29, 0.717) is 12.8 Å². The van der Waals surface area contributed by atoms with Gasteiger partial charge in [-0.3, -0.25) is 0 Å². The molecule has 0 spiro atoms. The first-order chi connectivity index (χ1) is 6.61. The molecule has 3 aliphatic rings. The third-order valence-corrected chi connectivity index (χ3v) is 2.80. The Morgan fingerprint density at radius 3 is 1.43 bits per heavy atom. The van der Waals surface area contributed by atoms with Gasteiger partial charge in [0, 0.05) is 23.0 Å². The molecule has 0 amide bonds. The smallest absolute Gasteiger partial charge is 0.173 e. The van der Waals surface area contributed by atoms with E-state index in [4.69, 9.17) is 0 Å². The largest absolute Gasteiger partial charge is 0.274 e. The van der Waals surface area contributed by atoms with Gasteiger partial charge in [0.25, 0.3) is 12.2 Å². The molecule has 76 valence electrons. The Morgan fingerprint density at radius 2 is 1.21 bits per heavy atom. The normalized spacial score (nSPS) is 29.7. The predicted molar refractivity (Wildman–Crippen MR) is 43.8 cm³/mol. The molecule has 1 fully saturated rings. The van der Waals surface area contributed by atoms with Crippen molar-refractivity contribution in [3.05, 3.63) is 35.5 Å². The van der Waals surface area contributed by atoms with Crippen LogP contribution in [0, 0.1) is 11.8 Å². The molecule has 3 rings (SSSR count). The summed E-state index contributed by atoms with van der Waals surface area (Å²) in [6.45, 7) is 0. The number of allylic oxidation sites excluding steroid dienone is 4. The summed E-state index contributed by atoms with van der Waals surface area (Å²) in [4.78, 5) is 0. The van der Waals surface area contributed by atoms with Crippen LogP contribution in [0.25, 0.3) is 0 Å². The molecule has 0 nitrogen and oxygen atoms in total. The van der Waals surface area contributed by atoms with Gasteiger partial charge in [-0.15, -0.1) is 0 Å². The van der Waals surface area contributed by atoms with E-state index in [0.717, 1.165) is 0 Å². The van der Waals surface area contributed by atoms with Gasteiger partial charge in [0.05, 0.1) is 0 Å². The number of rotatable bonds is 0. The van der Waals surface area contributed by atoms with Crippen molar-refractivity contribution in [3.8, 4) is 0 Å². The van der Waals surface area contributed by atoms with Gasteiger partial charge >= 0.3 is 0 Å². The van der Waals surface area contributed by atoms with Gasteiger partial charge in [0.15, 0.2) is 0 Å². The fourth-order valence-electron chi connectivity index (χ4n) is 2.18. The third-order valence-electron chi connectivity index (χ3n) is 2.80. The molecule has 1 saturated carbocycles. The Hall–Kier alpha value is -1.06. The van der Waals surface area contributed by atoms with Crippen LogP contribution in [0.3, 0.4) is 0 Å². The highest BCUT2D eigenvalue weighted by Crippen LogP contribution is 2.47. The lowest BCUT2D eigenvalue weighted by Gasteiger charge is -2.34. The molecular formula is C10H8F4. The number of hydrogen-bond acceptors (Lipinski definition) is 0. The molecule has 14 heavy (non-hydrogen) atoms. The van der Waals surface area contributed by atoms with E-state index < -0.39 is 35.1 Å². The zero-order valence-electron chi connectivity index (χ0n) is 7.24. The third kappa shape index (κ3) is 1.29. The summed E-state index contributed by atoms with van der Waals surface area (Å²) in [6.07, 6.45) is 0.373. The summed E-state index contributed by atoms with van der Waals surface area (Å²) < 4.78 is 49.9. The average Bonchev–Trinajstić information content (AvgIpc) is 2.17. The molecule has 0 aromatic heterocycles. The fraction of sp³-hybridized carbons (Fsp3) is 0.400. The predicted octanol–water partition coefficient (Wildman–Crippen LogP) is 3.88. The van der Waals surface area contributed by atoms with Crippen LogP contribution >= 0.6 is 0 Å². The Balaban J connectivity index is 2.57. The minimum atomic E-state index is -1.97. The summed E-state index contributed by atoms with van der Waals surface area (Å²) in [6, 6.07) is 0. The first-order valence-corrected chi connectivity index (χ1v) is 4.40. The van der Waals surface area contributed by atoms with Gasteiger partial charge in [-0.2, -0.15) is 17.6 Å². The standard InChI is InChI=1S/C10H8F4/c11-9(12)7-5-1-2-6(4-3-5)8(7)10(13)14/h1-2,5-6H,3-4H2. The first kappa shape index (κ1) is 9.49. The maximum absolute atomic E-state index is 12.5. The summed E-state index contributed by atoms with van der Waals surface area (Å²) >= 11 is 0. The zero-order chi connectivity index (χ0) is 10.3. The van der Waals surface area contributed by atoms with Gasteiger partial charge < -0.3 is 0 Å². The van der Waals surface area contributed by atoms with Crippen LogP contribution in [0.1, 0.15) is 12.8 Å². The van der Waals surface area contributed by atoms with Gasteiger partial charge in [0.2, 0.25) is 0 Å². The van der Waals surface area contributed by atoms with E-state index in [1.807, 2.05) is 0 Å². The SMILES string of the molecule is FC(F)=C1C(=C(F)F)C2C=CC1CC2. The zero-order valence-corrected chi connectivity index (χ0v) is 7.24. The van der Waals surface area contributed by atoms with Gasteiger partial charge in [-0.25, -0.2) is 0 Å². The summed E-state index contributed by atoms with van der Waals surface area (Å²) in [5.41, 5.74) is -0.882. The highest BCUT2D eigenvalue weighted by molar-refractivity contribution is 5.45. The second-order valence-corrected chi connectivity index (χ2v) is 3.52. The van der Waals surface area contributed by atoms with E-state index >= 15 is 0 Å². The van der Waals surface area contributed by atoms with Gasteiger partial charge in [-0.1, -0.05) is 12.2 Å². The van der Waals surface area contributed by atoms with Crippen LogP contribution in [0.2, 0.25) is 0 Å². The molecule has 0 radical (unpaired) electrons. The second-order valence-electron chi connectivity index (χ2n) is 3.52. The highest BCUT2D eigenvalue weighted by Gasteiger charge is 2.37. The molecule has 0 heterocycles. The Kier molecular flexibility index (Phi) is 2.21. The molecule has 0 aromatic rings. The maximum atomic E-state index is 12.5. The van der Waals surface area contributed by atoms with Crippen molar-refractivity contribution >= 4 is 0 Å². The van der Waals surface area contributed by atoms with E-state index in [1.54, 1.807) is 12.2 Å². The van der Waals surface area contributed by atoms with Gasteiger partial charge in [0.1, 0.15) is 0 Å². The van der Waals surface area contributed by atoms with Crippen molar-refractivity contribution in [1.29, 1.82) is 0 Å². The Bertz CT molecular complexity index is 309. The number of fused-ring (bicyclic) bond motifs is 2. The van der Waals surface area contributed by atoms with Crippen molar-refractivity contribution in [3.63, 3.8) is 0 Å². The Labute approximate surface area is 78.6 Å². The topological polar surface area (TPSA) is 0 Å². The molecule has 0 saturated heterocycles. The lowest BCUT2D eigenvalue weighted by Crippen LogP contribution is -2.24. The Morgan fingerprint density at radius 1 is 0.857 bits per heavy atom. The average molecular weight is 204 g/mol. The van der Waals surface area contributed by atoms with Crippen molar-refractivity contribution in [2.24, 2.45) is 11.8 Å². The summed E-state index contributed by atoms with van der Waals surface area (Å²) in [5, 5.41) is 0. The molecule has 3 aliphatic carbocycles. The van der Waals surface area contributed by atoms with Crippen LogP contribution in [0.5, 0.6) is 0 Å². The van der Waals surface area contributed by atoms with Crippen LogP contribution in [-0.2, 0) is 0 Å². The molecule has 0 N–H and O–H groups in total. The molecule has 2 atom stereocenters. The van der Waals surface area contributed by atoms with Crippen molar-refractivity contribution in [2.45, 2.75) is 12.8 Å². The summed E-state index contributed by atoms with van der Waals surface area (Å²) in [7, 11) is 0. The van der Waals surface area contributed by atoms with Crippen LogP contribution in [-0.4, -0.2) is 0 Å². The minimum Gasteiger partial charge on any atom is -0.173 e. The van der Waals surface area contributed by atoms with E-state index in [2.05, 4.69) is 0 Å². The lowest BCUT2D eigenvalue weighted by molar-refractivity contribution is 0.348. The molecule has 4 heteroatoms. The van der Waals surface area contributed by atoms with E-state index in [9.17, 15) is 17.6 Å². The summed E-state index contributed by atoms with van der Waals surface area (Å²) in [5.74, 6) is -1.03. The van der Waals surface area contributed by atoms with E-state index in [-0.39, 0.29) is 0 Å². The van der Waals surface area contributed by atoms with Crippen molar-refractivity contribution in [2.75, 3.05) is 0 Å². The molecule has 0 aromatic carbocycles. The highest BCUT2D eigenvalue weighted by atomic mass is 19.3. The first-order valence-electron chi connectivity index (χ1n) is 4.40. The molecular weight excluding hydrogens is 196 g/mol. The van der Waals surface area contributed by atoms with Crippen LogP contribution < -0.4 is 0 Å². The lowest BCUT2D eigenvalue weighted by atomic mass is 9.70. The monoisotopic (exact) mass is 204 g/mol. The van der Waals surface area contributed by atoms with Crippen LogP contribution in [0.15, 0.2) is 35.5 Å². The second kappa shape index (κ2) is 3.26. The molecule has 0 aliphatic heterocycles. The van der Waals surface area contributed by atoms with Crippen molar-refractivity contribution in [1.82, 2.24) is 0 Å². The van der Waals surface area contributed by atoms with Crippen molar-refractivity contribution < 1.29 is 17.6 Å². The minimum absolute atomic E-state index is 0.441. The quantitative estimate of drug-likeness (QED) is 0.415.